The van der Waals surface area contributed by atoms with Gasteiger partial charge in [-0.05, 0) is 18.1 Å². The molecule has 2 atom stereocenters. The minimum absolute atomic E-state index is 0.0592. The van der Waals surface area contributed by atoms with Gasteiger partial charge in [0, 0.05) is 0 Å². The van der Waals surface area contributed by atoms with Gasteiger partial charge in [0.1, 0.15) is 13.2 Å². The fourth-order valence-corrected chi connectivity index (χ4v) is 2.09. The lowest BCUT2D eigenvalue weighted by Gasteiger charge is -2.19. The number of ether oxygens (including phenoxy) is 2. The van der Waals surface area contributed by atoms with Crippen molar-refractivity contribution in [1.82, 2.24) is 5.32 Å². The first-order chi connectivity index (χ1) is 12.1. The number of carbonyl (C=O) groups excluding carboxylic acids is 2. The molecular formula is C19H21NO5. The number of hydrogen-bond donors (Lipinski definition) is 2. The zero-order chi connectivity index (χ0) is 18.1. The lowest BCUT2D eigenvalue weighted by molar-refractivity contribution is -0.150. The smallest absolute Gasteiger partial charge is 0.408 e. The molecule has 2 aromatic rings. The fourth-order valence-electron chi connectivity index (χ4n) is 2.09. The van der Waals surface area contributed by atoms with E-state index in [9.17, 15) is 14.7 Å². The van der Waals surface area contributed by atoms with Gasteiger partial charge in [-0.3, -0.25) is 0 Å². The van der Waals surface area contributed by atoms with Crippen LogP contribution in [-0.2, 0) is 27.5 Å². The van der Waals surface area contributed by atoms with Gasteiger partial charge in [0.25, 0.3) is 0 Å². The number of alkyl carbamates (subject to hydrolysis) is 1. The average molecular weight is 343 g/mol. The number of hydrogen-bond acceptors (Lipinski definition) is 5. The number of nitrogens with one attached hydrogen (secondary N) is 1. The molecule has 0 spiro atoms. The Hall–Kier alpha value is -2.86. The number of aliphatic hydroxyl groups is 1. The van der Waals surface area contributed by atoms with Gasteiger partial charge >= 0.3 is 12.1 Å². The van der Waals surface area contributed by atoms with Crippen LogP contribution in [0.2, 0.25) is 0 Å². The zero-order valence-electron chi connectivity index (χ0n) is 13.9. The Morgan fingerprint density at radius 3 is 1.88 bits per heavy atom. The van der Waals surface area contributed by atoms with Gasteiger partial charge in [0.05, 0.1) is 6.10 Å². The zero-order valence-corrected chi connectivity index (χ0v) is 13.9. The number of aliphatic hydroxyl groups excluding tert-OH is 1. The summed E-state index contributed by atoms with van der Waals surface area (Å²) in [5.41, 5.74) is 1.63. The highest BCUT2D eigenvalue weighted by Crippen LogP contribution is 2.05. The molecule has 2 rings (SSSR count). The number of benzene rings is 2. The molecule has 25 heavy (non-hydrogen) atoms. The van der Waals surface area contributed by atoms with Crippen molar-refractivity contribution in [1.29, 1.82) is 0 Å². The van der Waals surface area contributed by atoms with Crippen molar-refractivity contribution >= 4 is 12.1 Å². The third kappa shape index (κ3) is 6.27. The summed E-state index contributed by atoms with van der Waals surface area (Å²) in [6, 6.07) is 17.1. The van der Waals surface area contributed by atoms with E-state index < -0.39 is 24.2 Å². The quantitative estimate of drug-likeness (QED) is 0.754. The maximum absolute atomic E-state index is 12.1. The second kappa shape index (κ2) is 9.44. The molecule has 0 aliphatic carbocycles. The third-order valence-corrected chi connectivity index (χ3v) is 3.45. The maximum atomic E-state index is 12.1. The second-order valence-electron chi connectivity index (χ2n) is 5.52. The van der Waals surface area contributed by atoms with Crippen LogP contribution in [0.4, 0.5) is 4.79 Å². The molecule has 0 fully saturated rings. The van der Waals surface area contributed by atoms with E-state index in [1.54, 1.807) is 0 Å². The Labute approximate surface area is 146 Å². The van der Waals surface area contributed by atoms with E-state index >= 15 is 0 Å². The van der Waals surface area contributed by atoms with E-state index in [1.807, 2.05) is 60.7 Å². The van der Waals surface area contributed by atoms with Crippen LogP contribution in [0.25, 0.3) is 0 Å². The molecular weight excluding hydrogens is 322 g/mol. The van der Waals surface area contributed by atoms with Gasteiger partial charge in [-0.1, -0.05) is 60.7 Å². The highest BCUT2D eigenvalue weighted by molar-refractivity contribution is 5.81. The van der Waals surface area contributed by atoms with Crippen molar-refractivity contribution in [2.24, 2.45) is 0 Å². The molecule has 6 heteroatoms. The van der Waals surface area contributed by atoms with Crippen LogP contribution in [0.15, 0.2) is 60.7 Å². The first kappa shape index (κ1) is 18.5. The number of amides is 1. The topological polar surface area (TPSA) is 84.9 Å². The van der Waals surface area contributed by atoms with Gasteiger partial charge in [0.15, 0.2) is 6.04 Å². The molecule has 132 valence electrons. The van der Waals surface area contributed by atoms with Gasteiger partial charge in [-0.15, -0.1) is 0 Å². The summed E-state index contributed by atoms with van der Waals surface area (Å²) in [6.45, 7) is 1.52. The lowest BCUT2D eigenvalue weighted by Crippen LogP contribution is -2.48. The van der Waals surface area contributed by atoms with E-state index in [-0.39, 0.29) is 13.2 Å². The summed E-state index contributed by atoms with van der Waals surface area (Å²) in [4.78, 5) is 24.0. The largest absolute Gasteiger partial charge is 0.459 e. The summed E-state index contributed by atoms with van der Waals surface area (Å²) in [7, 11) is 0. The van der Waals surface area contributed by atoms with E-state index in [2.05, 4.69) is 5.32 Å². The summed E-state index contributed by atoms with van der Waals surface area (Å²) >= 11 is 0. The maximum Gasteiger partial charge on any atom is 0.408 e. The van der Waals surface area contributed by atoms with Crippen molar-refractivity contribution in [2.75, 3.05) is 0 Å². The minimum atomic E-state index is -1.20. The van der Waals surface area contributed by atoms with E-state index in [0.717, 1.165) is 11.1 Å². The van der Waals surface area contributed by atoms with Crippen LogP contribution in [-0.4, -0.2) is 29.3 Å². The van der Waals surface area contributed by atoms with Gasteiger partial charge in [0.2, 0.25) is 0 Å². The van der Waals surface area contributed by atoms with Crippen molar-refractivity contribution in [3.05, 3.63) is 71.8 Å². The summed E-state index contributed by atoms with van der Waals surface area (Å²) in [5, 5.41) is 12.1. The lowest BCUT2D eigenvalue weighted by atomic mass is 10.2. The SMILES string of the molecule is CC(O)[C@H](NC(=O)OCc1ccccc1)C(=O)OCc1ccccc1. The van der Waals surface area contributed by atoms with E-state index in [0.29, 0.717) is 0 Å². The Morgan fingerprint density at radius 2 is 1.40 bits per heavy atom. The standard InChI is InChI=1S/C19H21NO5/c1-14(21)17(18(22)24-12-15-8-4-2-5-9-15)20-19(23)25-13-16-10-6-3-7-11-16/h2-11,14,17,21H,12-13H2,1H3,(H,20,23)/t14?,17-/m0/s1. The highest BCUT2D eigenvalue weighted by atomic mass is 16.6. The van der Waals surface area contributed by atoms with Crippen LogP contribution >= 0.6 is 0 Å². The monoisotopic (exact) mass is 343 g/mol. The van der Waals surface area contributed by atoms with Gasteiger partial charge < -0.3 is 19.9 Å². The highest BCUT2D eigenvalue weighted by Gasteiger charge is 2.27. The molecule has 0 heterocycles. The average Bonchev–Trinajstić information content (AvgIpc) is 2.64. The van der Waals surface area contributed by atoms with Gasteiger partial charge in [-0.25, -0.2) is 9.59 Å². The molecule has 0 aromatic heterocycles. The normalized spacial score (nSPS) is 12.7. The van der Waals surface area contributed by atoms with Crippen LogP contribution in [0.5, 0.6) is 0 Å². The Kier molecular flexibility index (Phi) is 6.98. The molecule has 0 bridgehead atoms. The van der Waals surface area contributed by atoms with Crippen molar-refractivity contribution in [3.8, 4) is 0 Å². The predicted molar refractivity (Wildman–Crippen MR) is 91.5 cm³/mol. The first-order valence-electron chi connectivity index (χ1n) is 7.92. The molecule has 1 amide bonds. The molecule has 0 saturated carbocycles. The molecule has 6 nitrogen and oxygen atoms in total. The number of rotatable bonds is 7. The molecule has 1 unspecified atom stereocenters. The Balaban J connectivity index is 1.84. The van der Waals surface area contributed by atoms with Gasteiger partial charge in [-0.2, -0.15) is 0 Å². The van der Waals surface area contributed by atoms with Crippen LogP contribution < -0.4 is 5.32 Å². The van der Waals surface area contributed by atoms with E-state index in [4.69, 9.17) is 9.47 Å². The Morgan fingerprint density at radius 1 is 0.920 bits per heavy atom. The van der Waals surface area contributed by atoms with Crippen molar-refractivity contribution in [2.45, 2.75) is 32.3 Å². The van der Waals surface area contributed by atoms with Crippen molar-refractivity contribution < 1.29 is 24.2 Å². The summed E-state index contributed by atoms with van der Waals surface area (Å²) in [6.07, 6.45) is -1.92. The molecule has 0 aliphatic heterocycles. The Bertz CT molecular complexity index is 673. The minimum Gasteiger partial charge on any atom is -0.459 e. The van der Waals surface area contributed by atoms with Crippen LogP contribution in [0.3, 0.4) is 0 Å². The fraction of sp³-hybridized carbons (Fsp3) is 0.263. The first-order valence-corrected chi connectivity index (χ1v) is 7.92. The predicted octanol–water partition coefficient (Wildman–Crippen LogP) is 2.41. The number of carbonyl (C=O) groups is 2. The molecule has 2 aromatic carbocycles. The summed E-state index contributed by atoms with van der Waals surface area (Å²) < 4.78 is 10.2. The van der Waals surface area contributed by atoms with Crippen LogP contribution in [0, 0.1) is 0 Å². The van der Waals surface area contributed by atoms with E-state index in [1.165, 1.54) is 6.92 Å². The van der Waals surface area contributed by atoms with Crippen molar-refractivity contribution in [3.63, 3.8) is 0 Å². The molecule has 0 aliphatic rings. The molecule has 2 N–H and O–H groups in total. The second-order valence-corrected chi connectivity index (χ2v) is 5.52. The third-order valence-electron chi connectivity index (χ3n) is 3.45. The summed E-state index contributed by atoms with van der Waals surface area (Å²) in [5.74, 6) is -0.726. The number of esters is 1. The molecule has 0 saturated heterocycles. The van der Waals surface area contributed by atoms with Crippen LogP contribution in [0.1, 0.15) is 18.1 Å². The molecule has 0 radical (unpaired) electrons.